The topological polar surface area (TPSA) is 199 Å². The Morgan fingerprint density at radius 3 is 1.00 bits per heavy atom. The van der Waals surface area contributed by atoms with Crippen molar-refractivity contribution in [3.05, 3.63) is 0 Å². The van der Waals surface area contributed by atoms with Gasteiger partial charge in [0.2, 0.25) is 0 Å². The Kier molecular flexibility index (Phi) is 31.9. The van der Waals surface area contributed by atoms with Crippen LogP contribution in [0, 0.1) is 0 Å². The van der Waals surface area contributed by atoms with E-state index in [2.05, 4.69) is 8.62 Å². The monoisotopic (exact) mass is 462 g/mol. The Morgan fingerprint density at radius 2 is 1.00 bits per heavy atom. The summed E-state index contributed by atoms with van der Waals surface area (Å²) in [5.41, 5.74) is 0. The molecule has 0 rings (SSSR count). The summed E-state index contributed by atoms with van der Waals surface area (Å²) in [7, 11) is -12.9. The molecule has 0 radical (unpaired) electrons. The molecule has 4 atom stereocenters. The molecule has 0 aromatic carbocycles. The van der Waals surface area contributed by atoms with Gasteiger partial charge in [0.25, 0.3) is 0 Å². The molecular formula is C2H5ClMoO11P4+4. The van der Waals surface area contributed by atoms with Crippen LogP contribution in [-0.4, -0.2) is 17.6 Å². The van der Waals surface area contributed by atoms with Crippen LogP contribution in [0.5, 0.6) is 0 Å². The third kappa shape index (κ3) is 54.8. The number of hydrogen-bond acceptors (Lipinski definition) is 11. The molecular weight excluding hydrogens is 455 g/mol. The standard InChI is InChI=1S/C2H5ClO.Mo.2O5P2/c3-1-2-4;;2*1-6(2)5-7(3)4/h4H,1-2H2;;;/q;+4;;. The van der Waals surface area contributed by atoms with E-state index >= 15 is 0 Å². The first kappa shape index (κ1) is 28.3. The first-order chi connectivity index (χ1) is 8.17. The van der Waals surface area contributed by atoms with E-state index in [0.717, 1.165) is 0 Å². The molecule has 4 unspecified atom stereocenters. The second-order valence-electron chi connectivity index (χ2n) is 1.47. The fourth-order valence-electron chi connectivity index (χ4n) is 0.109. The van der Waals surface area contributed by atoms with Crippen LogP contribution in [0.15, 0.2) is 0 Å². The van der Waals surface area contributed by atoms with E-state index < -0.39 is 33.0 Å². The Labute approximate surface area is 130 Å². The van der Waals surface area contributed by atoms with E-state index in [9.17, 15) is 37.8 Å². The molecule has 0 aromatic rings. The average molecular weight is 460 g/mol. The number of hydrogen-bond donors (Lipinski definition) is 1. The van der Waals surface area contributed by atoms with Gasteiger partial charge in [-0.05, 0) is 18.3 Å². The summed E-state index contributed by atoms with van der Waals surface area (Å²) in [6.45, 7) is 0.0849. The zero-order valence-electron chi connectivity index (χ0n) is 8.52. The summed E-state index contributed by atoms with van der Waals surface area (Å²) in [4.78, 5) is 37.0. The van der Waals surface area contributed by atoms with Crippen molar-refractivity contribution >= 4 is 44.6 Å². The smallest absolute Gasteiger partial charge is 0.563 e. The van der Waals surface area contributed by atoms with Gasteiger partial charge in [0.05, 0.1) is 6.61 Å². The third-order valence-electron chi connectivity index (χ3n) is 0.351. The van der Waals surface area contributed by atoms with Gasteiger partial charge in [-0.2, -0.15) is 0 Å². The van der Waals surface area contributed by atoms with Crippen molar-refractivity contribution in [2.45, 2.75) is 0 Å². The van der Waals surface area contributed by atoms with Crippen molar-refractivity contribution in [3.8, 4) is 0 Å². The average Bonchev–Trinajstić information content (AvgIpc) is 2.14. The van der Waals surface area contributed by atoms with Crippen molar-refractivity contribution in [1.29, 1.82) is 0 Å². The van der Waals surface area contributed by atoms with Crippen molar-refractivity contribution in [1.82, 2.24) is 0 Å². The molecule has 17 heteroatoms. The van der Waals surface area contributed by atoms with E-state index in [1.54, 1.807) is 0 Å². The van der Waals surface area contributed by atoms with Crippen molar-refractivity contribution in [2.24, 2.45) is 0 Å². The molecule has 0 aliphatic rings. The van der Waals surface area contributed by atoms with Gasteiger partial charge in [0.15, 0.2) is 0 Å². The van der Waals surface area contributed by atoms with E-state index in [0.29, 0.717) is 5.88 Å². The summed E-state index contributed by atoms with van der Waals surface area (Å²) in [6.07, 6.45) is 0. The van der Waals surface area contributed by atoms with Crippen molar-refractivity contribution in [3.63, 3.8) is 0 Å². The first-order valence-electron chi connectivity index (χ1n) is 3.27. The molecule has 0 amide bonds. The zero-order chi connectivity index (χ0) is 15.1. The number of rotatable bonds is 5. The molecule has 19 heavy (non-hydrogen) atoms. The van der Waals surface area contributed by atoms with Crippen molar-refractivity contribution in [2.75, 3.05) is 12.5 Å². The number of aliphatic hydroxyl groups excluding tert-OH is 1. The molecule has 0 fully saturated rings. The Hall–Kier alpha value is 1.10. The molecule has 108 valence electrons. The van der Waals surface area contributed by atoms with Crippen molar-refractivity contribution < 1.29 is 72.6 Å². The molecule has 11 nitrogen and oxygen atoms in total. The van der Waals surface area contributed by atoms with E-state index in [1.807, 2.05) is 0 Å². The normalized spacial score (nSPS) is 11.5. The van der Waals surface area contributed by atoms with Gasteiger partial charge in [-0.25, -0.2) is 0 Å². The second-order valence-corrected chi connectivity index (χ2v) is 4.94. The van der Waals surface area contributed by atoms with E-state index in [1.165, 1.54) is 0 Å². The first-order valence-corrected chi connectivity index (χ1v) is 8.19. The predicted molar refractivity (Wildman–Crippen MR) is 50.4 cm³/mol. The predicted octanol–water partition coefficient (Wildman–Crippen LogP) is -1.71. The van der Waals surface area contributed by atoms with Gasteiger partial charge in [0, 0.05) is 5.88 Å². The minimum atomic E-state index is -3.24. The molecule has 1 N–H and O–H groups in total. The maximum Gasteiger partial charge on any atom is 4.00 e. The van der Waals surface area contributed by atoms with Gasteiger partial charge in [-0.15, -0.1) is 11.6 Å². The summed E-state index contributed by atoms with van der Waals surface area (Å²) in [5, 5.41) is 7.74. The molecule has 0 aliphatic heterocycles. The third-order valence-corrected chi connectivity index (χ3v) is 2.65. The van der Waals surface area contributed by atoms with Crippen LogP contribution in [0.4, 0.5) is 0 Å². The van der Waals surface area contributed by atoms with Gasteiger partial charge >= 0.3 is 54.1 Å². The number of aliphatic hydroxyl groups is 1. The van der Waals surface area contributed by atoms with Crippen LogP contribution in [0.2, 0.25) is 0 Å². The molecule has 0 saturated heterocycles. The zero-order valence-corrected chi connectivity index (χ0v) is 14.9. The Morgan fingerprint density at radius 1 is 0.842 bits per heavy atom. The van der Waals surface area contributed by atoms with Crippen LogP contribution in [0.25, 0.3) is 0 Å². The van der Waals surface area contributed by atoms with Gasteiger partial charge in [-0.1, -0.05) is 0 Å². The minimum Gasteiger partial charge on any atom is -0.563 e. The van der Waals surface area contributed by atoms with Crippen LogP contribution in [0.3, 0.4) is 0 Å². The summed E-state index contributed by atoms with van der Waals surface area (Å²) in [6, 6.07) is 0. The molecule has 0 saturated carbocycles. The largest absolute Gasteiger partial charge is 4.00 e. The molecule has 0 aromatic heterocycles. The summed E-state index contributed by atoms with van der Waals surface area (Å²) < 4.78 is 43.3. The van der Waals surface area contributed by atoms with E-state index in [-0.39, 0.29) is 27.7 Å². The van der Waals surface area contributed by atoms with E-state index in [4.69, 9.17) is 16.7 Å². The SMILES string of the molecule is O=[P+]([O-])O[P+](=O)[O-].O=[P+]([O-])O[P+](=O)[O-].OCCCl.[Mo+4]. The molecule has 0 aliphatic carbocycles. The number of alkyl halides is 1. The summed E-state index contributed by atoms with van der Waals surface area (Å²) in [5.74, 6) is 0.347. The van der Waals surface area contributed by atoms with Crippen LogP contribution >= 0.6 is 44.6 Å². The maximum atomic E-state index is 9.24. The van der Waals surface area contributed by atoms with Crippen LogP contribution < -0.4 is 19.6 Å². The Bertz CT molecular complexity index is 234. The fraction of sp³-hybridized carbons (Fsp3) is 1.00. The molecule has 0 spiro atoms. The van der Waals surface area contributed by atoms with Crippen LogP contribution in [0.1, 0.15) is 0 Å². The molecule has 0 heterocycles. The second kappa shape index (κ2) is 21.4. The summed E-state index contributed by atoms with van der Waals surface area (Å²) >= 11 is 4.94. The maximum absolute atomic E-state index is 9.24. The Balaban J connectivity index is -0.0000000900. The van der Waals surface area contributed by atoms with Gasteiger partial charge in [0.1, 0.15) is 8.62 Å². The van der Waals surface area contributed by atoms with Crippen LogP contribution in [-0.2, 0) is 47.9 Å². The van der Waals surface area contributed by atoms with Gasteiger partial charge in [-0.3, -0.25) is 0 Å². The minimum absolute atomic E-state index is 0. The molecule has 0 bridgehead atoms. The van der Waals surface area contributed by atoms with Gasteiger partial charge < -0.3 is 24.7 Å². The number of halogens is 1. The quantitative estimate of drug-likeness (QED) is 0.278. The fourth-order valence-corrected chi connectivity index (χ4v) is 0.980.